The van der Waals surface area contributed by atoms with Crippen LogP contribution in [0.15, 0.2) is 33.6 Å². The third-order valence-electron chi connectivity index (χ3n) is 2.28. The van der Waals surface area contributed by atoms with Gasteiger partial charge in [-0.25, -0.2) is 8.42 Å². The van der Waals surface area contributed by atoms with Crippen molar-refractivity contribution in [1.82, 2.24) is 4.31 Å². The van der Waals surface area contributed by atoms with Gasteiger partial charge in [-0.05, 0) is 28.1 Å². The highest BCUT2D eigenvalue weighted by Gasteiger charge is 2.36. The Morgan fingerprint density at radius 3 is 2.47 bits per heavy atom. The van der Waals surface area contributed by atoms with E-state index in [2.05, 4.69) is 15.9 Å². The Morgan fingerprint density at radius 2 is 1.93 bits per heavy atom. The number of sulfonamides is 1. The topological polar surface area (TPSA) is 57.6 Å². The van der Waals surface area contributed by atoms with E-state index in [0.29, 0.717) is 4.47 Å². The van der Waals surface area contributed by atoms with Crippen LogP contribution in [0.2, 0.25) is 0 Å². The second-order valence-electron chi connectivity index (χ2n) is 3.41. The summed E-state index contributed by atoms with van der Waals surface area (Å²) >= 11 is 3.20. The number of β-amino-alcohol motifs (C(OH)–C–C–N with tert-alkyl or cyclic N) is 1. The summed E-state index contributed by atoms with van der Waals surface area (Å²) in [6.45, 7) is 0.368. The molecule has 15 heavy (non-hydrogen) atoms. The van der Waals surface area contributed by atoms with E-state index in [0.717, 1.165) is 0 Å². The third-order valence-corrected chi connectivity index (χ3v) is 5.13. The minimum atomic E-state index is -3.44. The molecule has 1 heterocycles. The van der Waals surface area contributed by atoms with Crippen LogP contribution in [0.1, 0.15) is 0 Å². The Labute approximate surface area is 96.7 Å². The monoisotopic (exact) mass is 291 g/mol. The molecule has 0 spiro atoms. The van der Waals surface area contributed by atoms with Crippen LogP contribution in [0.5, 0.6) is 0 Å². The zero-order valence-corrected chi connectivity index (χ0v) is 10.2. The maximum absolute atomic E-state index is 12.0. The molecule has 0 radical (unpaired) electrons. The summed E-state index contributed by atoms with van der Waals surface area (Å²) < 4.78 is 25.7. The Balaban J connectivity index is 2.35. The molecule has 1 aromatic rings. The van der Waals surface area contributed by atoms with Gasteiger partial charge >= 0.3 is 0 Å². The summed E-state index contributed by atoms with van der Waals surface area (Å²) in [7, 11) is -3.44. The van der Waals surface area contributed by atoms with Gasteiger partial charge in [0, 0.05) is 17.6 Å². The maximum atomic E-state index is 12.0. The molecule has 1 aliphatic rings. The van der Waals surface area contributed by atoms with Crippen LogP contribution < -0.4 is 0 Å². The second-order valence-corrected chi connectivity index (χ2v) is 6.17. The number of hydrogen-bond donors (Lipinski definition) is 1. The lowest BCUT2D eigenvalue weighted by atomic mass is 10.2. The molecule has 1 N–H and O–H groups in total. The van der Waals surface area contributed by atoms with Gasteiger partial charge in [0.25, 0.3) is 0 Å². The highest BCUT2D eigenvalue weighted by Crippen LogP contribution is 2.27. The largest absolute Gasteiger partial charge is 0.390 e. The number of hydrogen-bond acceptors (Lipinski definition) is 3. The molecule has 0 aliphatic carbocycles. The van der Waals surface area contributed by atoms with Gasteiger partial charge in [-0.15, -0.1) is 0 Å². The number of aliphatic hydroxyl groups excluding tert-OH is 1. The van der Waals surface area contributed by atoms with E-state index >= 15 is 0 Å². The van der Waals surface area contributed by atoms with Crippen LogP contribution in [-0.2, 0) is 10.0 Å². The average Bonchev–Trinajstić information content (AvgIpc) is 2.13. The molecule has 0 unspecified atom stereocenters. The van der Waals surface area contributed by atoms with Gasteiger partial charge < -0.3 is 5.11 Å². The van der Waals surface area contributed by atoms with Crippen LogP contribution in [-0.4, -0.2) is 37.0 Å². The molecule has 1 fully saturated rings. The molecular weight excluding hydrogens is 282 g/mol. The number of aliphatic hydroxyl groups is 1. The molecule has 6 heteroatoms. The minimum Gasteiger partial charge on any atom is -0.390 e. The molecule has 1 saturated heterocycles. The third kappa shape index (κ3) is 1.94. The molecule has 1 aromatic carbocycles. The van der Waals surface area contributed by atoms with Gasteiger partial charge in [0.2, 0.25) is 10.0 Å². The van der Waals surface area contributed by atoms with Gasteiger partial charge in [-0.3, -0.25) is 0 Å². The van der Waals surface area contributed by atoms with E-state index < -0.39 is 16.1 Å². The van der Waals surface area contributed by atoms with E-state index in [1.807, 2.05) is 0 Å². The van der Waals surface area contributed by atoms with Crippen LogP contribution in [0.25, 0.3) is 0 Å². The van der Waals surface area contributed by atoms with Crippen molar-refractivity contribution < 1.29 is 13.5 Å². The van der Waals surface area contributed by atoms with E-state index in [1.54, 1.807) is 24.3 Å². The number of rotatable bonds is 2. The van der Waals surface area contributed by atoms with Crippen LogP contribution in [0.3, 0.4) is 0 Å². The van der Waals surface area contributed by atoms with Gasteiger partial charge in [0.15, 0.2) is 0 Å². The van der Waals surface area contributed by atoms with Crippen LogP contribution in [0, 0.1) is 0 Å². The first kappa shape index (κ1) is 11.1. The molecule has 0 atom stereocenters. The molecule has 0 amide bonds. The summed E-state index contributed by atoms with van der Waals surface area (Å²) in [6.07, 6.45) is -0.526. The number of halogens is 1. The molecular formula is C9H10BrNO3S. The van der Waals surface area contributed by atoms with Crippen LogP contribution >= 0.6 is 15.9 Å². The predicted molar refractivity (Wildman–Crippen MR) is 58.9 cm³/mol. The first-order chi connectivity index (χ1) is 7.01. The summed E-state index contributed by atoms with van der Waals surface area (Å²) in [6, 6.07) is 6.66. The molecule has 0 bridgehead atoms. The first-order valence-electron chi connectivity index (χ1n) is 4.44. The van der Waals surface area contributed by atoms with Crippen molar-refractivity contribution in [2.45, 2.75) is 11.0 Å². The zero-order valence-electron chi connectivity index (χ0n) is 7.80. The maximum Gasteiger partial charge on any atom is 0.244 e. The van der Waals surface area contributed by atoms with Gasteiger partial charge in [0.05, 0.1) is 11.0 Å². The molecule has 0 aromatic heterocycles. The number of nitrogens with zero attached hydrogens (tertiary/aromatic N) is 1. The lowest BCUT2D eigenvalue weighted by molar-refractivity contribution is 0.0547. The quantitative estimate of drug-likeness (QED) is 0.878. The van der Waals surface area contributed by atoms with E-state index in [-0.39, 0.29) is 18.0 Å². The molecule has 0 saturated carbocycles. The van der Waals surface area contributed by atoms with Crippen LogP contribution in [0.4, 0.5) is 0 Å². The van der Waals surface area contributed by atoms with Gasteiger partial charge in [-0.1, -0.05) is 12.1 Å². The van der Waals surface area contributed by atoms with Crippen molar-refractivity contribution in [2.24, 2.45) is 0 Å². The van der Waals surface area contributed by atoms with Gasteiger partial charge in [-0.2, -0.15) is 4.31 Å². The standard InChI is InChI=1S/C9H10BrNO3S/c10-8-3-1-2-4-9(8)15(13,14)11-5-7(12)6-11/h1-4,7,12H,5-6H2. The lowest BCUT2D eigenvalue weighted by Crippen LogP contribution is -2.53. The molecule has 1 aliphatic heterocycles. The summed E-state index contributed by atoms with van der Waals surface area (Å²) in [5.74, 6) is 0. The first-order valence-corrected chi connectivity index (χ1v) is 6.68. The highest BCUT2D eigenvalue weighted by molar-refractivity contribution is 9.10. The summed E-state index contributed by atoms with van der Waals surface area (Å²) in [4.78, 5) is 0.247. The summed E-state index contributed by atoms with van der Waals surface area (Å²) in [5, 5.41) is 9.08. The fourth-order valence-corrected chi connectivity index (χ4v) is 3.88. The predicted octanol–water partition coefficient (Wildman–Crippen LogP) is 0.814. The zero-order chi connectivity index (χ0) is 11.1. The van der Waals surface area contributed by atoms with Gasteiger partial charge in [0.1, 0.15) is 0 Å². The fourth-order valence-electron chi connectivity index (χ4n) is 1.41. The average molecular weight is 292 g/mol. The number of benzene rings is 1. The van der Waals surface area contributed by atoms with E-state index in [1.165, 1.54) is 4.31 Å². The Kier molecular flexibility index (Phi) is 2.85. The molecule has 4 nitrogen and oxygen atoms in total. The summed E-state index contributed by atoms with van der Waals surface area (Å²) in [5.41, 5.74) is 0. The van der Waals surface area contributed by atoms with Crippen molar-refractivity contribution in [3.05, 3.63) is 28.7 Å². The smallest absolute Gasteiger partial charge is 0.244 e. The van der Waals surface area contributed by atoms with Crippen molar-refractivity contribution >= 4 is 26.0 Å². The molecule has 2 rings (SSSR count). The normalized spacial score (nSPS) is 18.8. The Hall–Kier alpha value is -0.430. The Morgan fingerprint density at radius 1 is 1.33 bits per heavy atom. The SMILES string of the molecule is O=S(=O)(c1ccccc1Br)N1CC(O)C1. The second kappa shape index (κ2) is 3.86. The molecule has 82 valence electrons. The lowest BCUT2D eigenvalue weighted by Gasteiger charge is -2.34. The van der Waals surface area contributed by atoms with E-state index in [4.69, 9.17) is 5.11 Å². The highest BCUT2D eigenvalue weighted by atomic mass is 79.9. The minimum absolute atomic E-state index is 0.184. The Bertz CT molecular complexity index is 468. The van der Waals surface area contributed by atoms with E-state index in [9.17, 15) is 8.42 Å². The van der Waals surface area contributed by atoms with Crippen molar-refractivity contribution in [3.63, 3.8) is 0 Å². The fraction of sp³-hybridized carbons (Fsp3) is 0.333. The van der Waals surface area contributed by atoms with Crippen molar-refractivity contribution in [3.8, 4) is 0 Å². The van der Waals surface area contributed by atoms with Crippen molar-refractivity contribution in [2.75, 3.05) is 13.1 Å². The van der Waals surface area contributed by atoms with Crippen molar-refractivity contribution in [1.29, 1.82) is 0 Å².